The van der Waals surface area contributed by atoms with E-state index in [-0.39, 0.29) is 5.70 Å². The summed E-state index contributed by atoms with van der Waals surface area (Å²) >= 11 is 0. The first-order valence-electron chi connectivity index (χ1n) is 10.4. The Morgan fingerprint density at radius 3 is 2.36 bits per heavy atom. The molecule has 0 aliphatic carbocycles. The van der Waals surface area contributed by atoms with Gasteiger partial charge in [-0.25, -0.2) is 0 Å². The highest BCUT2D eigenvalue weighted by Gasteiger charge is 2.54. The number of benzene rings is 1. The van der Waals surface area contributed by atoms with Crippen LogP contribution in [0.25, 0.3) is 11.3 Å². The monoisotopic (exact) mass is 460 g/mol. The maximum atomic E-state index is 13.6. The van der Waals surface area contributed by atoms with Gasteiger partial charge >= 0.3 is 6.18 Å². The lowest BCUT2D eigenvalue weighted by Gasteiger charge is -2.37. The molecule has 2 saturated heterocycles. The zero-order valence-corrected chi connectivity index (χ0v) is 17.5. The molecule has 2 aliphatic rings. The second kappa shape index (κ2) is 8.81. The highest BCUT2D eigenvalue weighted by atomic mass is 19.4. The normalized spacial score (nSPS) is 23.9. The van der Waals surface area contributed by atoms with Gasteiger partial charge in [0.2, 0.25) is 0 Å². The van der Waals surface area contributed by atoms with Crippen LogP contribution in [0.15, 0.2) is 53.7 Å². The number of hydrogen-bond donors (Lipinski definition) is 4. The van der Waals surface area contributed by atoms with Crippen molar-refractivity contribution in [1.29, 1.82) is 5.41 Å². The average Bonchev–Trinajstić information content (AvgIpc) is 2.81. The second-order valence-electron chi connectivity index (χ2n) is 8.10. The number of halogens is 3. The molecule has 11 heteroatoms. The Morgan fingerprint density at radius 1 is 1.12 bits per heavy atom. The molecule has 2 fully saturated rings. The van der Waals surface area contributed by atoms with Gasteiger partial charge in [0.25, 0.3) is 5.91 Å². The third kappa shape index (κ3) is 4.54. The molecule has 1 amide bonds. The molecule has 1 aromatic heterocycles. The molecule has 0 bridgehead atoms. The number of rotatable bonds is 3. The van der Waals surface area contributed by atoms with Crippen LogP contribution in [-0.2, 0) is 4.79 Å². The quantitative estimate of drug-likeness (QED) is 0.556. The number of amides is 1. The molecule has 2 atom stereocenters. The summed E-state index contributed by atoms with van der Waals surface area (Å²) in [6.45, 7) is 0.966. The summed E-state index contributed by atoms with van der Waals surface area (Å²) in [6.07, 6.45) is -6.40. The number of anilines is 1. The molecule has 4 rings (SSSR count). The number of nitrogens with one attached hydrogen (secondary N) is 2. The van der Waals surface area contributed by atoms with E-state index >= 15 is 0 Å². The largest absolute Gasteiger partial charge is 0.401 e. The summed E-state index contributed by atoms with van der Waals surface area (Å²) in [6, 6.07) is 13.3. The summed E-state index contributed by atoms with van der Waals surface area (Å²) < 4.78 is 40.8. The van der Waals surface area contributed by atoms with E-state index < -0.39 is 41.4 Å². The summed E-state index contributed by atoms with van der Waals surface area (Å²) in [5.41, 5.74) is 7.11. The van der Waals surface area contributed by atoms with Crippen LogP contribution in [0.5, 0.6) is 0 Å². The number of aliphatic hydroxyl groups excluding tert-OH is 1. The summed E-state index contributed by atoms with van der Waals surface area (Å²) in [7, 11) is 0. The molecule has 2 aliphatic heterocycles. The van der Waals surface area contributed by atoms with Crippen molar-refractivity contribution in [3.8, 4) is 11.3 Å². The highest BCUT2D eigenvalue weighted by molar-refractivity contribution is 6.11. The van der Waals surface area contributed by atoms with Crippen LogP contribution in [-0.4, -0.2) is 52.4 Å². The minimum atomic E-state index is -4.92. The Kier molecular flexibility index (Phi) is 6.07. The Balaban J connectivity index is 1.49. The molecule has 0 saturated carbocycles. The molecule has 1 aromatic carbocycles. The van der Waals surface area contributed by atoms with E-state index in [2.05, 4.69) is 10.2 Å². The standard InChI is InChI=1S/C22H23F3N6O2/c23-22(24,25)17-16(20(27)28-21(33)19(17)32)18(26)13-8-10-31(11-9-13)15-7-6-14(29-30-15)12-4-2-1-3-5-12/h1-7,13,17,19,32H,8-11,26H2,(H2,27,28,33)/t17-,19-/m1/s1. The van der Waals surface area contributed by atoms with Gasteiger partial charge < -0.3 is 21.1 Å². The van der Waals surface area contributed by atoms with E-state index in [4.69, 9.17) is 11.1 Å². The number of hydrogen-bond acceptors (Lipinski definition) is 7. The van der Waals surface area contributed by atoms with Crippen LogP contribution in [0.3, 0.4) is 0 Å². The number of carbonyl (C=O) groups excluding carboxylic acids is 1. The van der Waals surface area contributed by atoms with Crippen molar-refractivity contribution in [2.75, 3.05) is 18.0 Å². The second-order valence-corrected chi connectivity index (χ2v) is 8.10. The van der Waals surface area contributed by atoms with Gasteiger partial charge in [0.05, 0.1) is 5.69 Å². The SMILES string of the molecule is N=C1NC(=O)[C@H](O)[C@H](C(F)(F)F)C1=C(N)C1CCN(c2ccc(-c3ccccc3)nn2)CC1. The van der Waals surface area contributed by atoms with E-state index in [1.807, 2.05) is 52.7 Å². The third-order valence-corrected chi connectivity index (χ3v) is 6.06. The van der Waals surface area contributed by atoms with Crippen LogP contribution in [0.4, 0.5) is 19.0 Å². The van der Waals surface area contributed by atoms with Gasteiger partial charge in [-0.1, -0.05) is 30.3 Å². The Hall–Kier alpha value is -3.47. The molecule has 33 heavy (non-hydrogen) atoms. The predicted molar refractivity (Wildman–Crippen MR) is 115 cm³/mol. The van der Waals surface area contributed by atoms with Gasteiger partial charge in [-0.15, -0.1) is 10.2 Å². The number of alkyl halides is 3. The van der Waals surface area contributed by atoms with Crippen LogP contribution in [0.1, 0.15) is 12.8 Å². The molecule has 3 heterocycles. The first-order valence-corrected chi connectivity index (χ1v) is 10.4. The first kappa shape index (κ1) is 22.7. The number of carbonyl (C=O) groups is 1. The van der Waals surface area contributed by atoms with E-state index in [9.17, 15) is 23.1 Å². The average molecular weight is 460 g/mol. The Bertz CT molecular complexity index is 1060. The van der Waals surface area contributed by atoms with Crippen molar-refractivity contribution in [3.05, 3.63) is 53.7 Å². The van der Waals surface area contributed by atoms with Crippen molar-refractivity contribution in [2.45, 2.75) is 25.1 Å². The summed E-state index contributed by atoms with van der Waals surface area (Å²) in [4.78, 5) is 13.6. The molecule has 5 N–H and O–H groups in total. The van der Waals surface area contributed by atoms with Gasteiger partial charge in [0.1, 0.15) is 17.9 Å². The number of allylic oxidation sites excluding steroid dienone is 1. The van der Waals surface area contributed by atoms with E-state index in [0.717, 1.165) is 11.3 Å². The van der Waals surface area contributed by atoms with E-state index in [0.29, 0.717) is 31.7 Å². The lowest BCUT2D eigenvalue weighted by Crippen LogP contribution is -2.56. The van der Waals surface area contributed by atoms with Crippen molar-refractivity contribution < 1.29 is 23.1 Å². The smallest absolute Gasteiger partial charge is 0.398 e. The van der Waals surface area contributed by atoms with Crippen molar-refractivity contribution in [1.82, 2.24) is 15.5 Å². The lowest BCUT2D eigenvalue weighted by atomic mass is 9.81. The fraction of sp³-hybridized carbons (Fsp3) is 0.364. The Labute approximate surface area is 187 Å². The fourth-order valence-corrected chi connectivity index (χ4v) is 4.29. The zero-order chi connectivity index (χ0) is 23.8. The number of nitrogens with two attached hydrogens (primary N) is 1. The number of piperidine rings is 2. The predicted octanol–water partition coefficient (Wildman–Crippen LogP) is 2.22. The van der Waals surface area contributed by atoms with Crippen molar-refractivity contribution in [3.63, 3.8) is 0 Å². The maximum Gasteiger partial charge on any atom is 0.398 e. The van der Waals surface area contributed by atoms with Gasteiger partial charge in [0.15, 0.2) is 5.82 Å². The summed E-state index contributed by atoms with van der Waals surface area (Å²) in [5.74, 6) is -4.27. The van der Waals surface area contributed by atoms with Crippen molar-refractivity contribution >= 4 is 17.6 Å². The third-order valence-electron chi connectivity index (χ3n) is 6.06. The van der Waals surface area contributed by atoms with Gasteiger partial charge in [-0.2, -0.15) is 13.2 Å². The van der Waals surface area contributed by atoms with E-state index in [1.165, 1.54) is 0 Å². The zero-order valence-electron chi connectivity index (χ0n) is 17.5. The molecule has 2 aromatic rings. The fourth-order valence-electron chi connectivity index (χ4n) is 4.29. The van der Waals surface area contributed by atoms with Gasteiger partial charge in [0, 0.05) is 35.8 Å². The van der Waals surface area contributed by atoms with Crippen LogP contribution >= 0.6 is 0 Å². The highest BCUT2D eigenvalue weighted by Crippen LogP contribution is 2.40. The first-order chi connectivity index (χ1) is 15.7. The molecule has 0 unspecified atom stereocenters. The topological polar surface area (TPSA) is 128 Å². The number of aliphatic hydroxyl groups is 1. The van der Waals surface area contributed by atoms with Crippen LogP contribution < -0.4 is 16.0 Å². The van der Waals surface area contributed by atoms with Gasteiger partial charge in [-0.3, -0.25) is 10.2 Å². The van der Waals surface area contributed by atoms with E-state index in [1.54, 1.807) is 0 Å². The molecule has 174 valence electrons. The molecule has 0 radical (unpaired) electrons. The number of aromatic nitrogens is 2. The lowest BCUT2D eigenvalue weighted by molar-refractivity contribution is -0.191. The van der Waals surface area contributed by atoms with Crippen molar-refractivity contribution in [2.24, 2.45) is 17.6 Å². The minimum Gasteiger partial charge on any atom is -0.401 e. The van der Waals surface area contributed by atoms with Gasteiger partial charge in [-0.05, 0) is 25.0 Å². The van der Waals surface area contributed by atoms with Crippen LogP contribution in [0, 0.1) is 17.2 Å². The minimum absolute atomic E-state index is 0.119. The molecular weight excluding hydrogens is 437 g/mol. The maximum absolute atomic E-state index is 13.6. The molecule has 8 nitrogen and oxygen atoms in total. The summed E-state index contributed by atoms with van der Waals surface area (Å²) in [5, 5.41) is 28.3. The number of amidine groups is 1. The molecule has 0 spiro atoms. The Morgan fingerprint density at radius 2 is 1.79 bits per heavy atom. The molecular formula is C22H23F3N6O2. The van der Waals surface area contributed by atoms with Crippen LogP contribution in [0.2, 0.25) is 0 Å². The number of nitrogens with zero attached hydrogens (tertiary/aromatic N) is 3.